The Kier molecular flexibility index (Phi) is 3.55. The maximum atomic E-state index is 12.4. The second-order valence-corrected chi connectivity index (χ2v) is 6.38. The molecule has 1 aliphatic rings. The molecule has 3 N–H and O–H groups in total. The molecule has 0 aliphatic carbocycles. The summed E-state index contributed by atoms with van der Waals surface area (Å²) in [5.74, 6) is -0.0247. The van der Waals surface area contributed by atoms with Gasteiger partial charge in [0.25, 0.3) is 5.91 Å². The quantitative estimate of drug-likeness (QED) is 0.889. The van der Waals surface area contributed by atoms with Gasteiger partial charge in [-0.2, -0.15) is 0 Å². The monoisotopic (exact) mass is 303 g/mol. The fourth-order valence-electron chi connectivity index (χ4n) is 2.62. The number of hydrogen-bond acceptors (Lipinski definition) is 4. The Morgan fingerprint density at radius 3 is 2.90 bits per heavy atom. The molecule has 21 heavy (non-hydrogen) atoms. The highest BCUT2D eigenvalue weighted by Crippen LogP contribution is 2.33. The Morgan fingerprint density at radius 2 is 2.19 bits per heavy atom. The number of piperidine rings is 1. The van der Waals surface area contributed by atoms with Crippen molar-refractivity contribution in [2.45, 2.75) is 18.9 Å². The van der Waals surface area contributed by atoms with Gasteiger partial charge in [-0.15, -0.1) is 11.3 Å². The molecular formula is C15H17N3O2S. The van der Waals surface area contributed by atoms with Crippen molar-refractivity contribution in [1.29, 1.82) is 0 Å². The molecular weight excluding hydrogens is 286 g/mol. The summed E-state index contributed by atoms with van der Waals surface area (Å²) in [6, 6.07) is 7.71. The van der Waals surface area contributed by atoms with E-state index < -0.39 is 0 Å². The molecule has 0 bridgehead atoms. The molecule has 1 aromatic heterocycles. The normalized spacial score (nSPS) is 19.0. The predicted octanol–water partition coefficient (Wildman–Crippen LogP) is 1.83. The van der Waals surface area contributed by atoms with Crippen molar-refractivity contribution in [2.24, 2.45) is 0 Å². The molecule has 2 amide bonds. The number of anilines is 1. The molecule has 1 aliphatic heterocycles. The fourth-order valence-corrected chi connectivity index (χ4v) is 3.64. The largest absolute Gasteiger partial charge is 0.397 e. The zero-order valence-corrected chi connectivity index (χ0v) is 12.6. The lowest BCUT2D eigenvalue weighted by Gasteiger charge is -2.30. The second kappa shape index (κ2) is 5.37. The molecule has 6 heteroatoms. The summed E-state index contributed by atoms with van der Waals surface area (Å²) in [5.41, 5.74) is 6.61. The SMILES string of the molecule is CN1CC(NC(=O)c2sc3ccccc3c2N)CCC1=O. The predicted molar refractivity (Wildman–Crippen MR) is 84.4 cm³/mol. The van der Waals surface area contributed by atoms with E-state index in [2.05, 4.69) is 5.32 Å². The van der Waals surface area contributed by atoms with Gasteiger partial charge in [-0.05, 0) is 12.5 Å². The van der Waals surface area contributed by atoms with Gasteiger partial charge in [-0.25, -0.2) is 0 Å². The summed E-state index contributed by atoms with van der Waals surface area (Å²) in [6.07, 6.45) is 1.16. The van der Waals surface area contributed by atoms with Gasteiger partial charge < -0.3 is 16.0 Å². The van der Waals surface area contributed by atoms with E-state index in [0.717, 1.165) is 10.1 Å². The van der Waals surface area contributed by atoms with E-state index in [1.807, 2.05) is 24.3 Å². The molecule has 1 aromatic carbocycles. The molecule has 1 saturated heterocycles. The van der Waals surface area contributed by atoms with Gasteiger partial charge in [0.15, 0.2) is 0 Å². The first-order valence-electron chi connectivity index (χ1n) is 6.88. The number of nitrogens with two attached hydrogens (primary N) is 1. The van der Waals surface area contributed by atoms with E-state index in [1.54, 1.807) is 11.9 Å². The van der Waals surface area contributed by atoms with Gasteiger partial charge in [-0.3, -0.25) is 9.59 Å². The lowest BCUT2D eigenvalue weighted by molar-refractivity contribution is -0.132. The Hall–Kier alpha value is -2.08. The third-order valence-corrected chi connectivity index (χ3v) is 4.99. The Labute approximate surface area is 126 Å². The number of fused-ring (bicyclic) bond motifs is 1. The lowest BCUT2D eigenvalue weighted by Crippen LogP contribution is -2.48. The number of hydrogen-bond donors (Lipinski definition) is 2. The lowest BCUT2D eigenvalue weighted by atomic mass is 10.1. The number of nitrogens with zero attached hydrogens (tertiary/aromatic N) is 1. The Morgan fingerprint density at radius 1 is 1.43 bits per heavy atom. The number of carbonyl (C=O) groups excluding carboxylic acids is 2. The number of carbonyl (C=O) groups is 2. The molecule has 5 nitrogen and oxygen atoms in total. The van der Waals surface area contributed by atoms with Crippen LogP contribution in [0.5, 0.6) is 0 Å². The number of benzene rings is 1. The van der Waals surface area contributed by atoms with Gasteiger partial charge in [-0.1, -0.05) is 18.2 Å². The fraction of sp³-hybridized carbons (Fsp3) is 0.333. The summed E-state index contributed by atoms with van der Waals surface area (Å²) in [6.45, 7) is 0.551. The third-order valence-electron chi connectivity index (χ3n) is 3.80. The summed E-state index contributed by atoms with van der Waals surface area (Å²) >= 11 is 1.40. The van der Waals surface area contributed by atoms with Gasteiger partial charge in [0.1, 0.15) is 4.88 Å². The topological polar surface area (TPSA) is 75.4 Å². The van der Waals surface area contributed by atoms with Crippen molar-refractivity contribution >= 4 is 38.9 Å². The van der Waals surface area contributed by atoms with Crippen LogP contribution in [0, 0.1) is 0 Å². The van der Waals surface area contributed by atoms with Crippen LogP contribution in [0.3, 0.4) is 0 Å². The molecule has 110 valence electrons. The van der Waals surface area contributed by atoms with Crippen LogP contribution >= 0.6 is 11.3 Å². The minimum absolute atomic E-state index is 0.00943. The van der Waals surface area contributed by atoms with Crippen molar-refractivity contribution in [2.75, 3.05) is 19.3 Å². The van der Waals surface area contributed by atoms with Crippen molar-refractivity contribution < 1.29 is 9.59 Å². The molecule has 1 unspecified atom stereocenters. The molecule has 1 atom stereocenters. The Bertz CT molecular complexity index is 710. The standard InChI is InChI=1S/C15H17N3O2S/c1-18-8-9(6-7-12(18)19)17-15(20)14-13(16)10-4-2-3-5-11(10)21-14/h2-5,9H,6-8,16H2,1H3,(H,17,20). The van der Waals surface area contributed by atoms with E-state index in [1.165, 1.54) is 11.3 Å². The van der Waals surface area contributed by atoms with Gasteiger partial charge in [0.2, 0.25) is 5.91 Å². The van der Waals surface area contributed by atoms with Crippen LogP contribution in [-0.2, 0) is 4.79 Å². The molecule has 0 saturated carbocycles. The van der Waals surface area contributed by atoms with Gasteiger partial charge >= 0.3 is 0 Å². The highest BCUT2D eigenvalue weighted by molar-refractivity contribution is 7.21. The van der Waals surface area contributed by atoms with Crippen LogP contribution in [-0.4, -0.2) is 36.3 Å². The average Bonchev–Trinajstić information content (AvgIpc) is 2.81. The smallest absolute Gasteiger partial charge is 0.263 e. The molecule has 0 spiro atoms. The first-order valence-corrected chi connectivity index (χ1v) is 7.69. The van der Waals surface area contributed by atoms with E-state index in [-0.39, 0.29) is 17.9 Å². The van der Waals surface area contributed by atoms with Crippen LogP contribution in [0.4, 0.5) is 5.69 Å². The van der Waals surface area contributed by atoms with E-state index >= 15 is 0 Å². The molecule has 1 fully saturated rings. The first-order chi connectivity index (χ1) is 10.1. The minimum Gasteiger partial charge on any atom is -0.397 e. The Balaban J connectivity index is 1.78. The van der Waals surface area contributed by atoms with Crippen LogP contribution in [0.15, 0.2) is 24.3 Å². The summed E-state index contributed by atoms with van der Waals surface area (Å²) in [4.78, 5) is 26.1. The number of thiophene rings is 1. The highest BCUT2D eigenvalue weighted by Gasteiger charge is 2.25. The van der Waals surface area contributed by atoms with Crippen molar-refractivity contribution in [3.8, 4) is 0 Å². The van der Waals surface area contributed by atoms with Gasteiger partial charge in [0.05, 0.1) is 5.69 Å². The molecule has 2 heterocycles. The number of rotatable bonds is 2. The maximum Gasteiger partial charge on any atom is 0.263 e. The minimum atomic E-state index is -0.151. The van der Waals surface area contributed by atoms with E-state index in [0.29, 0.717) is 30.0 Å². The van der Waals surface area contributed by atoms with Crippen LogP contribution in [0.2, 0.25) is 0 Å². The number of amides is 2. The highest BCUT2D eigenvalue weighted by atomic mass is 32.1. The zero-order chi connectivity index (χ0) is 15.0. The van der Waals surface area contributed by atoms with E-state index in [4.69, 9.17) is 5.73 Å². The van der Waals surface area contributed by atoms with Crippen LogP contribution < -0.4 is 11.1 Å². The summed E-state index contributed by atoms with van der Waals surface area (Å²) in [5, 5.41) is 3.91. The molecule has 3 rings (SSSR count). The molecule has 2 aromatic rings. The number of likely N-dealkylation sites (tertiary alicyclic amines) is 1. The summed E-state index contributed by atoms with van der Waals surface area (Å²) < 4.78 is 1.01. The zero-order valence-electron chi connectivity index (χ0n) is 11.8. The van der Waals surface area contributed by atoms with E-state index in [9.17, 15) is 9.59 Å². The van der Waals surface area contributed by atoms with Crippen LogP contribution in [0.25, 0.3) is 10.1 Å². The van der Waals surface area contributed by atoms with Crippen molar-refractivity contribution in [3.05, 3.63) is 29.1 Å². The number of nitrogens with one attached hydrogen (secondary N) is 1. The number of nitrogen functional groups attached to an aromatic ring is 1. The maximum absolute atomic E-state index is 12.4. The third kappa shape index (κ3) is 2.58. The number of likely N-dealkylation sites (N-methyl/N-ethyl adjacent to an activating group) is 1. The van der Waals surface area contributed by atoms with Crippen molar-refractivity contribution in [3.63, 3.8) is 0 Å². The van der Waals surface area contributed by atoms with Crippen molar-refractivity contribution in [1.82, 2.24) is 10.2 Å². The average molecular weight is 303 g/mol. The second-order valence-electron chi connectivity index (χ2n) is 5.32. The van der Waals surface area contributed by atoms with Crippen LogP contribution in [0.1, 0.15) is 22.5 Å². The summed E-state index contributed by atoms with van der Waals surface area (Å²) in [7, 11) is 1.76. The first kappa shape index (κ1) is 13.9. The molecule has 0 radical (unpaired) electrons. The van der Waals surface area contributed by atoms with Gasteiger partial charge in [0, 0.05) is 36.1 Å².